The van der Waals surface area contributed by atoms with Crippen LogP contribution in [0, 0.1) is 0 Å². The number of anilines is 1. The minimum absolute atomic E-state index is 0.163. The van der Waals surface area contributed by atoms with Crippen molar-refractivity contribution in [1.82, 2.24) is 0 Å². The minimum Gasteiger partial charge on any atom is -0.382 e. The van der Waals surface area contributed by atoms with Gasteiger partial charge in [-0.25, -0.2) is 0 Å². The Morgan fingerprint density at radius 1 is 1.37 bits per heavy atom. The van der Waals surface area contributed by atoms with E-state index in [4.69, 9.17) is 5.73 Å². The van der Waals surface area contributed by atoms with Gasteiger partial charge in [-0.1, -0.05) is 18.2 Å². The van der Waals surface area contributed by atoms with Gasteiger partial charge >= 0.3 is 6.18 Å². The molecule has 3 nitrogen and oxygen atoms in total. The lowest BCUT2D eigenvalue weighted by Gasteiger charge is -2.28. The van der Waals surface area contributed by atoms with E-state index in [1.807, 2.05) is 12.1 Å². The van der Waals surface area contributed by atoms with Crippen LogP contribution in [0.3, 0.4) is 0 Å². The number of alkyl halides is 3. The summed E-state index contributed by atoms with van der Waals surface area (Å²) >= 11 is 0. The number of nitrogens with zero attached hydrogens (tertiary/aromatic N) is 1. The van der Waals surface area contributed by atoms with Gasteiger partial charge in [-0.15, -0.1) is 0 Å². The highest BCUT2D eigenvalue weighted by atomic mass is 19.4. The second-order valence-corrected chi connectivity index (χ2v) is 4.81. The van der Waals surface area contributed by atoms with Crippen molar-refractivity contribution in [3.05, 3.63) is 29.8 Å². The molecule has 106 valence electrons. The molecule has 0 bridgehead atoms. The molecule has 2 atom stereocenters. The zero-order valence-electron chi connectivity index (χ0n) is 10.4. The van der Waals surface area contributed by atoms with Crippen LogP contribution in [0.15, 0.2) is 24.3 Å². The summed E-state index contributed by atoms with van der Waals surface area (Å²) in [5.41, 5.74) is 7.55. The molecule has 0 fully saturated rings. The zero-order chi connectivity index (χ0) is 14.0. The summed E-state index contributed by atoms with van der Waals surface area (Å²) in [6.45, 7) is 0.0189. The van der Waals surface area contributed by atoms with E-state index >= 15 is 0 Å². The first-order valence-corrected chi connectivity index (χ1v) is 6.24. The molecule has 0 aromatic heterocycles. The van der Waals surface area contributed by atoms with Crippen LogP contribution < -0.4 is 10.6 Å². The summed E-state index contributed by atoms with van der Waals surface area (Å²) in [6, 6.07) is 7.01. The summed E-state index contributed by atoms with van der Waals surface area (Å²) < 4.78 is 37.4. The van der Waals surface area contributed by atoms with Gasteiger partial charge in [0.05, 0.1) is 6.54 Å². The van der Waals surface area contributed by atoms with Crippen molar-refractivity contribution >= 4 is 5.69 Å². The third-order valence-electron chi connectivity index (χ3n) is 3.39. The van der Waals surface area contributed by atoms with Crippen LogP contribution in [0.5, 0.6) is 0 Å². The maximum Gasteiger partial charge on any atom is 0.416 e. The van der Waals surface area contributed by atoms with Gasteiger partial charge in [0, 0.05) is 18.3 Å². The Morgan fingerprint density at radius 2 is 2.05 bits per heavy atom. The molecule has 0 saturated heterocycles. The normalized spacial score (nSPS) is 21.7. The number of rotatable bonds is 2. The first-order chi connectivity index (χ1) is 8.89. The molecule has 19 heavy (non-hydrogen) atoms. The molecule has 1 aliphatic heterocycles. The monoisotopic (exact) mass is 274 g/mol. The molecule has 1 aliphatic rings. The lowest BCUT2D eigenvalue weighted by Crippen LogP contribution is -2.41. The average Bonchev–Trinajstić information content (AvgIpc) is 2.50. The van der Waals surface area contributed by atoms with Crippen LogP contribution in [-0.4, -0.2) is 30.5 Å². The van der Waals surface area contributed by atoms with Crippen molar-refractivity contribution in [2.45, 2.75) is 31.2 Å². The number of nitrogens with two attached hydrogens (primary N) is 1. The predicted molar refractivity (Wildman–Crippen MR) is 66.9 cm³/mol. The van der Waals surface area contributed by atoms with E-state index in [9.17, 15) is 18.3 Å². The Balaban J connectivity index is 2.24. The van der Waals surface area contributed by atoms with Crippen molar-refractivity contribution < 1.29 is 18.3 Å². The molecular weight excluding hydrogens is 257 g/mol. The van der Waals surface area contributed by atoms with Crippen molar-refractivity contribution in [3.63, 3.8) is 0 Å². The number of hydrogen-bond acceptors (Lipinski definition) is 3. The van der Waals surface area contributed by atoms with Gasteiger partial charge in [-0.3, -0.25) is 0 Å². The maximum atomic E-state index is 12.5. The molecule has 2 unspecified atom stereocenters. The zero-order valence-corrected chi connectivity index (χ0v) is 10.4. The van der Waals surface area contributed by atoms with Gasteiger partial charge < -0.3 is 15.7 Å². The minimum atomic E-state index is -4.59. The van der Waals surface area contributed by atoms with Gasteiger partial charge in [-0.05, 0) is 24.5 Å². The summed E-state index contributed by atoms with van der Waals surface area (Å²) in [4.78, 5) is 1.57. The predicted octanol–water partition coefficient (Wildman–Crippen LogP) is 2.21. The van der Waals surface area contributed by atoms with Gasteiger partial charge in [0.2, 0.25) is 0 Å². The number of β-amino-alcohol motifs (C(OH)–C–C–N with tert-alkyl or cyclic N) is 1. The van der Waals surface area contributed by atoms with Crippen LogP contribution in [0.2, 0.25) is 0 Å². The molecule has 1 aromatic carbocycles. The Bertz CT molecular complexity index is 436. The number of aliphatic hydroxyl groups excluding tert-OH is 1. The standard InChI is InChI=1S/C13H17F3N2O/c14-13(15,16)12(19)8-18-7-3-5-10(17)9-4-1-2-6-11(9)18/h1-2,4,6,10,12,19H,3,5,7-8,17H2. The van der Waals surface area contributed by atoms with E-state index in [2.05, 4.69) is 0 Å². The van der Waals surface area contributed by atoms with Gasteiger partial charge in [0.1, 0.15) is 0 Å². The summed E-state index contributed by atoms with van der Waals surface area (Å²) in [5.74, 6) is 0. The molecule has 1 aromatic rings. The molecule has 1 heterocycles. The number of halogens is 3. The smallest absolute Gasteiger partial charge is 0.382 e. The second kappa shape index (κ2) is 5.38. The van der Waals surface area contributed by atoms with Crippen molar-refractivity contribution in [3.8, 4) is 0 Å². The van der Waals surface area contributed by atoms with E-state index in [1.165, 1.54) is 0 Å². The first-order valence-electron chi connectivity index (χ1n) is 6.24. The first kappa shape index (κ1) is 14.1. The topological polar surface area (TPSA) is 49.5 Å². The van der Waals surface area contributed by atoms with E-state index < -0.39 is 18.8 Å². The highest BCUT2D eigenvalue weighted by molar-refractivity contribution is 5.55. The fraction of sp³-hybridized carbons (Fsp3) is 0.538. The number of fused-ring (bicyclic) bond motifs is 1. The number of hydrogen-bond donors (Lipinski definition) is 2. The van der Waals surface area contributed by atoms with E-state index in [-0.39, 0.29) is 6.04 Å². The number of aliphatic hydroxyl groups is 1. The third-order valence-corrected chi connectivity index (χ3v) is 3.39. The quantitative estimate of drug-likeness (QED) is 0.869. The van der Waals surface area contributed by atoms with Crippen molar-refractivity contribution in [2.75, 3.05) is 18.0 Å². The molecule has 3 N–H and O–H groups in total. The fourth-order valence-electron chi connectivity index (χ4n) is 2.37. The Hall–Kier alpha value is -1.27. The van der Waals surface area contributed by atoms with Crippen molar-refractivity contribution in [1.29, 1.82) is 0 Å². The molecule has 0 spiro atoms. The lowest BCUT2D eigenvalue weighted by atomic mass is 10.0. The van der Waals surface area contributed by atoms with Crippen LogP contribution in [0.4, 0.5) is 18.9 Å². The highest BCUT2D eigenvalue weighted by Gasteiger charge is 2.39. The van der Waals surface area contributed by atoms with E-state index in [0.717, 1.165) is 12.0 Å². The van der Waals surface area contributed by atoms with Crippen LogP contribution in [0.25, 0.3) is 0 Å². The number of para-hydroxylation sites is 1. The summed E-state index contributed by atoms with van der Waals surface area (Å²) in [5, 5.41) is 9.22. The highest BCUT2D eigenvalue weighted by Crippen LogP contribution is 2.32. The maximum absolute atomic E-state index is 12.5. The van der Waals surface area contributed by atoms with Gasteiger partial charge in [-0.2, -0.15) is 13.2 Å². The summed E-state index contributed by atoms with van der Waals surface area (Å²) in [7, 11) is 0. The van der Waals surface area contributed by atoms with Gasteiger partial charge in [0.15, 0.2) is 6.10 Å². The molecule has 6 heteroatoms. The fourth-order valence-corrected chi connectivity index (χ4v) is 2.37. The molecule has 0 radical (unpaired) electrons. The van der Waals surface area contributed by atoms with E-state index in [1.54, 1.807) is 17.0 Å². The van der Waals surface area contributed by atoms with Crippen LogP contribution in [-0.2, 0) is 0 Å². The Kier molecular flexibility index (Phi) is 4.01. The number of benzene rings is 1. The second-order valence-electron chi connectivity index (χ2n) is 4.81. The lowest BCUT2D eigenvalue weighted by molar-refractivity contribution is -0.200. The van der Waals surface area contributed by atoms with E-state index in [0.29, 0.717) is 18.7 Å². The van der Waals surface area contributed by atoms with Gasteiger partial charge in [0.25, 0.3) is 0 Å². The molecule has 0 aliphatic carbocycles. The Labute approximate surface area is 109 Å². The molecular formula is C13H17F3N2O. The third kappa shape index (κ3) is 3.19. The molecule has 2 rings (SSSR count). The largest absolute Gasteiger partial charge is 0.416 e. The van der Waals surface area contributed by atoms with Crippen LogP contribution in [0.1, 0.15) is 24.4 Å². The SMILES string of the molecule is NC1CCCN(CC(O)C(F)(F)F)c2ccccc21. The Morgan fingerprint density at radius 3 is 2.74 bits per heavy atom. The summed E-state index contributed by atoms with van der Waals surface area (Å²) in [6.07, 6.45) is -5.49. The molecule has 0 saturated carbocycles. The molecule has 0 amide bonds. The average molecular weight is 274 g/mol. The van der Waals surface area contributed by atoms with Crippen molar-refractivity contribution in [2.24, 2.45) is 5.73 Å². The van der Waals surface area contributed by atoms with Crippen LogP contribution >= 0.6 is 0 Å².